The number of amides is 2. The van der Waals surface area contributed by atoms with Crippen molar-refractivity contribution in [2.75, 3.05) is 12.9 Å². The summed E-state index contributed by atoms with van der Waals surface area (Å²) in [6, 6.07) is 27.0. The molecule has 0 fully saturated rings. The number of carbonyl (C=O) groups excluding carboxylic acids is 2. The number of thioether (sulfide) groups is 1. The molecule has 0 aliphatic carbocycles. The standard InChI is InChI=1S/C34H32N6O3S2/c1-22-13-15-24(16-14-22)28-19-26(30-12-7-17-44-30)38-40(28)32(41)21-45-34-37-36-31(39(34)27-10-4-5-11-29(27)43-3)20-35-33(42)25-9-6-8-23(2)18-25/h4-18,28H,19-21H2,1-3H3,(H,35,42)/t28-/m1/s1. The molecular weight excluding hydrogens is 605 g/mol. The molecule has 3 heterocycles. The van der Waals surface area contributed by atoms with E-state index in [0.29, 0.717) is 34.4 Å². The van der Waals surface area contributed by atoms with Crippen LogP contribution < -0.4 is 10.1 Å². The highest BCUT2D eigenvalue weighted by Gasteiger charge is 2.33. The quantitative estimate of drug-likeness (QED) is 0.179. The summed E-state index contributed by atoms with van der Waals surface area (Å²) in [6.45, 7) is 4.12. The Morgan fingerprint density at radius 1 is 0.978 bits per heavy atom. The van der Waals surface area contributed by atoms with Crippen molar-refractivity contribution >= 4 is 40.6 Å². The van der Waals surface area contributed by atoms with E-state index < -0.39 is 0 Å². The maximum absolute atomic E-state index is 13.8. The fourth-order valence-electron chi connectivity index (χ4n) is 5.18. The van der Waals surface area contributed by atoms with Crippen LogP contribution in [0.25, 0.3) is 5.69 Å². The first-order chi connectivity index (χ1) is 21.9. The van der Waals surface area contributed by atoms with Crippen molar-refractivity contribution in [3.63, 3.8) is 0 Å². The van der Waals surface area contributed by atoms with Gasteiger partial charge in [0.25, 0.3) is 11.8 Å². The fourth-order valence-corrected chi connectivity index (χ4v) is 6.72. The number of thiophene rings is 1. The molecule has 5 aromatic rings. The molecule has 0 saturated heterocycles. The lowest BCUT2D eigenvalue weighted by Crippen LogP contribution is -2.28. The minimum absolute atomic E-state index is 0.0898. The zero-order chi connectivity index (χ0) is 31.3. The first-order valence-corrected chi connectivity index (χ1v) is 16.3. The molecule has 6 rings (SSSR count). The monoisotopic (exact) mass is 636 g/mol. The van der Waals surface area contributed by atoms with Crippen LogP contribution in [0.1, 0.15) is 50.2 Å². The van der Waals surface area contributed by atoms with Gasteiger partial charge >= 0.3 is 0 Å². The van der Waals surface area contributed by atoms with Gasteiger partial charge in [-0.3, -0.25) is 14.2 Å². The van der Waals surface area contributed by atoms with E-state index in [1.807, 2.05) is 78.4 Å². The summed E-state index contributed by atoms with van der Waals surface area (Å²) in [4.78, 5) is 27.8. The van der Waals surface area contributed by atoms with Crippen LogP contribution in [0.4, 0.5) is 0 Å². The molecule has 0 unspecified atom stereocenters. The predicted octanol–water partition coefficient (Wildman–Crippen LogP) is 6.35. The van der Waals surface area contributed by atoms with Crippen molar-refractivity contribution in [3.8, 4) is 11.4 Å². The van der Waals surface area contributed by atoms with Crippen molar-refractivity contribution < 1.29 is 14.3 Å². The number of ether oxygens (including phenoxy) is 1. The van der Waals surface area contributed by atoms with E-state index >= 15 is 0 Å². The summed E-state index contributed by atoms with van der Waals surface area (Å²) in [5, 5.41) is 20.7. The number of methoxy groups -OCH3 is 1. The third-order valence-electron chi connectivity index (χ3n) is 7.47. The molecule has 2 aromatic heterocycles. The molecule has 0 radical (unpaired) electrons. The number of nitrogens with zero attached hydrogens (tertiary/aromatic N) is 5. The van der Waals surface area contributed by atoms with Crippen molar-refractivity contribution in [3.05, 3.63) is 123 Å². The number of carbonyl (C=O) groups is 2. The lowest BCUT2D eigenvalue weighted by molar-refractivity contribution is -0.130. The average molecular weight is 637 g/mol. The molecule has 11 heteroatoms. The summed E-state index contributed by atoms with van der Waals surface area (Å²) in [5.41, 5.74) is 5.37. The summed E-state index contributed by atoms with van der Waals surface area (Å²) < 4.78 is 7.48. The number of aromatic nitrogens is 3. The Kier molecular flexibility index (Phi) is 9.08. The van der Waals surface area contributed by atoms with Gasteiger partial charge in [-0.1, -0.05) is 77.5 Å². The predicted molar refractivity (Wildman–Crippen MR) is 177 cm³/mol. The van der Waals surface area contributed by atoms with Gasteiger partial charge in [0.2, 0.25) is 0 Å². The molecule has 2 amide bonds. The Labute approximate surface area is 270 Å². The third kappa shape index (κ3) is 6.69. The molecule has 3 aromatic carbocycles. The second kappa shape index (κ2) is 13.5. The average Bonchev–Trinajstić information content (AvgIpc) is 3.83. The van der Waals surface area contributed by atoms with E-state index in [9.17, 15) is 9.59 Å². The van der Waals surface area contributed by atoms with Crippen LogP contribution in [0.5, 0.6) is 5.75 Å². The minimum Gasteiger partial charge on any atom is -0.495 e. The van der Waals surface area contributed by atoms with E-state index in [2.05, 4.69) is 39.8 Å². The number of nitrogens with one attached hydrogen (secondary N) is 1. The minimum atomic E-state index is -0.215. The highest BCUT2D eigenvalue weighted by atomic mass is 32.2. The van der Waals surface area contributed by atoms with Crippen LogP contribution in [0.2, 0.25) is 0 Å². The topological polar surface area (TPSA) is 102 Å². The molecule has 228 valence electrons. The molecule has 9 nitrogen and oxygen atoms in total. The lowest BCUT2D eigenvalue weighted by atomic mass is 10.00. The Hall–Kier alpha value is -4.74. The van der Waals surface area contributed by atoms with Crippen LogP contribution in [0.15, 0.2) is 101 Å². The van der Waals surface area contributed by atoms with Gasteiger partial charge in [-0.15, -0.1) is 21.5 Å². The number of benzene rings is 3. The molecular formula is C34H32N6O3S2. The smallest absolute Gasteiger partial charge is 0.253 e. The number of hydrogen-bond acceptors (Lipinski definition) is 8. The van der Waals surface area contributed by atoms with Gasteiger partial charge in [-0.2, -0.15) is 5.10 Å². The van der Waals surface area contributed by atoms with Crippen LogP contribution in [0.3, 0.4) is 0 Å². The second-order valence-corrected chi connectivity index (χ2v) is 12.5. The maximum atomic E-state index is 13.8. The van der Waals surface area contributed by atoms with E-state index in [1.54, 1.807) is 29.5 Å². The highest BCUT2D eigenvalue weighted by molar-refractivity contribution is 7.99. The Morgan fingerprint density at radius 3 is 2.56 bits per heavy atom. The highest BCUT2D eigenvalue weighted by Crippen LogP contribution is 2.35. The van der Waals surface area contributed by atoms with Crippen molar-refractivity contribution in [2.24, 2.45) is 5.10 Å². The van der Waals surface area contributed by atoms with E-state index in [-0.39, 0.29) is 30.2 Å². The van der Waals surface area contributed by atoms with E-state index in [0.717, 1.165) is 27.3 Å². The molecule has 1 aliphatic rings. The van der Waals surface area contributed by atoms with Crippen molar-refractivity contribution in [1.82, 2.24) is 25.1 Å². The number of para-hydroxylation sites is 2. The number of hydrogen-bond donors (Lipinski definition) is 1. The molecule has 0 spiro atoms. The van der Waals surface area contributed by atoms with Gasteiger partial charge in [0, 0.05) is 12.0 Å². The van der Waals surface area contributed by atoms with Crippen LogP contribution in [-0.4, -0.2) is 50.2 Å². The van der Waals surface area contributed by atoms with Gasteiger partial charge in [-0.25, -0.2) is 5.01 Å². The normalized spacial score (nSPS) is 14.3. The van der Waals surface area contributed by atoms with Crippen molar-refractivity contribution in [2.45, 2.75) is 38.0 Å². The lowest BCUT2D eigenvalue weighted by Gasteiger charge is -2.22. The van der Waals surface area contributed by atoms with Crippen LogP contribution in [-0.2, 0) is 11.3 Å². The van der Waals surface area contributed by atoms with E-state index in [4.69, 9.17) is 9.84 Å². The zero-order valence-electron chi connectivity index (χ0n) is 25.1. The van der Waals surface area contributed by atoms with Crippen molar-refractivity contribution in [1.29, 1.82) is 0 Å². The summed E-state index contributed by atoms with van der Waals surface area (Å²) in [7, 11) is 1.60. The Balaban J connectivity index is 1.26. The van der Waals surface area contributed by atoms with Gasteiger partial charge in [-0.05, 0) is 55.1 Å². The third-order valence-corrected chi connectivity index (χ3v) is 9.30. The number of aryl methyl sites for hydroxylation is 2. The van der Waals surface area contributed by atoms with Gasteiger partial charge < -0.3 is 10.1 Å². The van der Waals surface area contributed by atoms with Gasteiger partial charge in [0.05, 0.1) is 41.7 Å². The summed E-state index contributed by atoms with van der Waals surface area (Å²) in [5.74, 6) is 0.856. The first kappa shape index (κ1) is 30.3. The molecule has 1 atom stereocenters. The molecule has 0 saturated carbocycles. The van der Waals surface area contributed by atoms with Crippen LogP contribution in [0, 0.1) is 13.8 Å². The van der Waals surface area contributed by atoms with Gasteiger partial charge in [0.15, 0.2) is 11.0 Å². The zero-order valence-corrected chi connectivity index (χ0v) is 26.8. The maximum Gasteiger partial charge on any atom is 0.253 e. The first-order valence-electron chi connectivity index (χ1n) is 14.5. The Morgan fingerprint density at radius 2 is 1.80 bits per heavy atom. The van der Waals surface area contributed by atoms with E-state index in [1.165, 1.54) is 11.8 Å². The molecule has 0 bridgehead atoms. The molecule has 1 N–H and O–H groups in total. The summed E-state index contributed by atoms with van der Waals surface area (Å²) >= 11 is 2.89. The van der Waals surface area contributed by atoms with Gasteiger partial charge in [0.1, 0.15) is 5.75 Å². The SMILES string of the molecule is COc1ccccc1-n1c(CNC(=O)c2cccc(C)c2)nnc1SCC(=O)N1N=C(c2cccs2)C[C@@H]1c1ccc(C)cc1. The Bertz CT molecular complexity index is 1850. The largest absolute Gasteiger partial charge is 0.495 e. The van der Waals surface area contributed by atoms with Crippen LogP contribution >= 0.6 is 23.1 Å². The molecule has 45 heavy (non-hydrogen) atoms. The summed E-state index contributed by atoms with van der Waals surface area (Å²) in [6.07, 6.45) is 0.641. The number of rotatable bonds is 10. The fraction of sp³-hybridized carbons (Fsp3) is 0.206. The number of hydrazone groups is 1. The second-order valence-electron chi connectivity index (χ2n) is 10.6. The molecule has 1 aliphatic heterocycles.